The van der Waals surface area contributed by atoms with Crippen LogP contribution in [0.4, 0.5) is 0 Å². The fraction of sp³-hybridized carbons (Fsp3) is 0.529. The summed E-state index contributed by atoms with van der Waals surface area (Å²) >= 11 is 0. The van der Waals surface area contributed by atoms with E-state index in [-0.39, 0.29) is 12.9 Å². The van der Waals surface area contributed by atoms with Crippen LogP contribution in [-0.2, 0) is 25.5 Å². The van der Waals surface area contributed by atoms with Gasteiger partial charge in [-0.05, 0) is 0 Å². The topological polar surface area (TPSA) is 92.7 Å². The van der Waals surface area contributed by atoms with Gasteiger partial charge in [-0.25, -0.2) is 0 Å². The number of aliphatic carboxylic acids is 1. The number of ether oxygens (including phenoxy) is 1. The van der Waals surface area contributed by atoms with E-state index in [0.717, 1.165) is 5.56 Å². The molecule has 3 atom stereocenters. The van der Waals surface area contributed by atoms with Gasteiger partial charge in [0.25, 0.3) is 0 Å². The summed E-state index contributed by atoms with van der Waals surface area (Å²) in [4.78, 5) is 23.5. The molecule has 3 unspecified atom stereocenters. The number of carbonyl (C=O) groups excluding carboxylic acids is 1. The summed E-state index contributed by atoms with van der Waals surface area (Å²) < 4.78 is 15.7. The number of hydrogen-bond donors (Lipinski definition) is 2. The van der Waals surface area contributed by atoms with E-state index < -0.39 is 30.0 Å². The quantitative estimate of drug-likeness (QED) is 0.472. The van der Waals surface area contributed by atoms with E-state index in [2.05, 4.69) is 5.32 Å². The minimum atomic E-state index is -0.909. The van der Waals surface area contributed by atoms with Gasteiger partial charge in [0.05, 0.1) is 0 Å². The Kier molecular flexibility index (Phi) is 8.93. The summed E-state index contributed by atoms with van der Waals surface area (Å²) in [6.07, 6.45) is 0.674. The average Bonchev–Trinajstić information content (AvgIpc) is 2.55. The van der Waals surface area contributed by atoms with Gasteiger partial charge < -0.3 is 0 Å². The SMILES string of the molecule is CCC(NCB=O)C(=O)OC(C)CC(Cc1ccccc1)C(=O)O. The molecule has 1 aromatic carbocycles. The van der Waals surface area contributed by atoms with E-state index in [9.17, 15) is 19.4 Å². The third kappa shape index (κ3) is 7.04. The van der Waals surface area contributed by atoms with Crippen LogP contribution in [0.3, 0.4) is 0 Å². The van der Waals surface area contributed by atoms with Gasteiger partial charge in [-0.2, -0.15) is 0 Å². The average molecular weight is 333 g/mol. The first-order valence-electron chi connectivity index (χ1n) is 8.12. The second-order valence-corrected chi connectivity index (χ2v) is 5.74. The third-order valence-corrected chi connectivity index (χ3v) is 3.75. The molecular formula is C17H24BNO5. The Bertz CT molecular complexity index is 537. The van der Waals surface area contributed by atoms with Crippen LogP contribution in [0.1, 0.15) is 32.3 Å². The standard InChI is InChI=1S/C17H24BNO5/c1-3-15(19-11-18-23)17(22)24-12(2)9-14(16(20)21)10-13-7-5-4-6-8-13/h4-8,12,14-15,19H,3,9-11H2,1-2H3,(H,20,21). The zero-order chi connectivity index (χ0) is 17.9. The fourth-order valence-corrected chi connectivity index (χ4v) is 2.48. The molecule has 0 spiro atoms. The predicted molar refractivity (Wildman–Crippen MR) is 90.0 cm³/mol. The maximum absolute atomic E-state index is 12.1. The van der Waals surface area contributed by atoms with Gasteiger partial charge in [-0.15, -0.1) is 0 Å². The number of benzene rings is 1. The van der Waals surface area contributed by atoms with Crippen LogP contribution >= 0.6 is 0 Å². The predicted octanol–water partition coefficient (Wildman–Crippen LogP) is 1.63. The normalized spacial score (nSPS) is 14.2. The zero-order valence-corrected chi connectivity index (χ0v) is 14.1. The van der Waals surface area contributed by atoms with Gasteiger partial charge in [0, 0.05) is 0 Å². The summed E-state index contributed by atoms with van der Waals surface area (Å²) in [5.41, 5.74) is 0.933. The van der Waals surface area contributed by atoms with E-state index in [0.29, 0.717) is 20.0 Å². The Morgan fingerprint density at radius 1 is 1.29 bits per heavy atom. The number of carbonyl (C=O) groups is 2. The van der Waals surface area contributed by atoms with Crippen molar-refractivity contribution in [2.24, 2.45) is 5.92 Å². The molecule has 6 nitrogen and oxygen atoms in total. The monoisotopic (exact) mass is 333 g/mol. The Labute approximate surface area is 142 Å². The molecule has 0 aromatic heterocycles. The molecule has 0 heterocycles. The zero-order valence-electron chi connectivity index (χ0n) is 14.1. The van der Waals surface area contributed by atoms with Crippen molar-refractivity contribution in [1.82, 2.24) is 5.32 Å². The Hall–Kier alpha value is -2.02. The molecular weight excluding hydrogens is 309 g/mol. The van der Waals surface area contributed by atoms with Gasteiger partial charge >= 0.3 is 136 Å². The summed E-state index contributed by atoms with van der Waals surface area (Å²) in [6, 6.07) is 8.80. The number of carboxylic acid groups (broad SMARTS) is 1. The second kappa shape index (κ2) is 10.7. The fourth-order valence-electron chi connectivity index (χ4n) is 2.48. The van der Waals surface area contributed by atoms with E-state index in [1.165, 1.54) is 0 Å². The Morgan fingerprint density at radius 2 is 1.96 bits per heavy atom. The molecule has 24 heavy (non-hydrogen) atoms. The molecule has 0 saturated heterocycles. The molecule has 0 aliphatic rings. The molecule has 2 N–H and O–H groups in total. The molecule has 0 saturated carbocycles. The van der Waals surface area contributed by atoms with Gasteiger partial charge in [0.15, 0.2) is 0 Å². The van der Waals surface area contributed by atoms with Crippen molar-refractivity contribution in [2.75, 3.05) is 6.44 Å². The second-order valence-electron chi connectivity index (χ2n) is 5.74. The molecule has 7 heteroatoms. The maximum atomic E-state index is 12.1. The summed E-state index contributed by atoms with van der Waals surface area (Å²) in [5, 5.41) is 12.2. The van der Waals surface area contributed by atoms with Crippen molar-refractivity contribution in [1.29, 1.82) is 0 Å². The molecule has 0 amide bonds. The van der Waals surface area contributed by atoms with Crippen molar-refractivity contribution in [3.8, 4) is 0 Å². The van der Waals surface area contributed by atoms with Gasteiger partial charge in [0.2, 0.25) is 0 Å². The van der Waals surface area contributed by atoms with Crippen LogP contribution in [0.15, 0.2) is 30.3 Å². The number of hydrogen-bond acceptors (Lipinski definition) is 5. The summed E-state index contributed by atoms with van der Waals surface area (Å²) in [5.74, 6) is -2.00. The van der Waals surface area contributed by atoms with Crippen LogP contribution in [-0.4, -0.2) is 42.8 Å². The molecule has 1 aromatic rings. The van der Waals surface area contributed by atoms with Gasteiger partial charge in [-0.1, -0.05) is 6.07 Å². The van der Waals surface area contributed by atoms with Crippen molar-refractivity contribution in [2.45, 2.75) is 45.3 Å². The Balaban J connectivity index is 2.58. The first kappa shape index (κ1) is 20.0. The van der Waals surface area contributed by atoms with Crippen LogP contribution < -0.4 is 5.32 Å². The number of carboxylic acids is 1. The molecule has 1 rings (SSSR count). The van der Waals surface area contributed by atoms with Crippen LogP contribution in [0.2, 0.25) is 0 Å². The van der Waals surface area contributed by atoms with E-state index in [4.69, 9.17) is 4.74 Å². The van der Waals surface area contributed by atoms with E-state index in [1.807, 2.05) is 37.3 Å². The van der Waals surface area contributed by atoms with Crippen LogP contribution in [0, 0.1) is 5.92 Å². The number of nitrogens with one attached hydrogen (secondary N) is 1. The van der Waals surface area contributed by atoms with Crippen LogP contribution in [0.25, 0.3) is 0 Å². The molecule has 0 radical (unpaired) electrons. The number of rotatable bonds is 11. The van der Waals surface area contributed by atoms with E-state index in [1.54, 1.807) is 6.92 Å². The Morgan fingerprint density at radius 3 is 2.50 bits per heavy atom. The third-order valence-electron chi connectivity index (χ3n) is 3.75. The first-order valence-corrected chi connectivity index (χ1v) is 8.12. The molecule has 130 valence electrons. The van der Waals surface area contributed by atoms with Crippen molar-refractivity contribution < 1.29 is 24.1 Å². The van der Waals surface area contributed by atoms with E-state index >= 15 is 0 Å². The first-order chi connectivity index (χ1) is 11.5. The molecule has 0 aliphatic heterocycles. The molecule has 0 bridgehead atoms. The van der Waals surface area contributed by atoms with Crippen molar-refractivity contribution >= 4 is 19.1 Å². The van der Waals surface area contributed by atoms with Crippen LogP contribution in [0.5, 0.6) is 0 Å². The van der Waals surface area contributed by atoms with Crippen molar-refractivity contribution in [3.63, 3.8) is 0 Å². The molecule has 0 fully saturated rings. The number of esters is 1. The summed E-state index contributed by atoms with van der Waals surface area (Å²) in [6.45, 7) is 3.50. The van der Waals surface area contributed by atoms with Gasteiger partial charge in [0.1, 0.15) is 0 Å². The summed E-state index contributed by atoms with van der Waals surface area (Å²) in [7, 11) is 0.680. The van der Waals surface area contributed by atoms with Gasteiger partial charge in [-0.3, -0.25) is 0 Å². The van der Waals surface area contributed by atoms with Crippen molar-refractivity contribution in [3.05, 3.63) is 35.9 Å². The minimum absolute atomic E-state index is 0.0771. The molecule has 0 aliphatic carbocycles.